The predicted molar refractivity (Wildman–Crippen MR) is 103 cm³/mol. The van der Waals surface area contributed by atoms with Gasteiger partial charge in [0.25, 0.3) is 5.91 Å². The molecule has 7 nitrogen and oxygen atoms in total. The van der Waals surface area contributed by atoms with Gasteiger partial charge in [0, 0.05) is 6.07 Å². The third-order valence-electron chi connectivity index (χ3n) is 4.19. The molecule has 0 saturated heterocycles. The minimum absolute atomic E-state index is 0.286. The van der Waals surface area contributed by atoms with Crippen LogP contribution in [-0.2, 0) is 14.8 Å². The lowest BCUT2D eigenvalue weighted by Gasteiger charge is -2.39. The van der Waals surface area contributed by atoms with Crippen LogP contribution in [0.1, 0.15) is 25.0 Å². The van der Waals surface area contributed by atoms with Gasteiger partial charge in [-0.05, 0) is 50.6 Å². The quantitative estimate of drug-likeness (QED) is 0.875. The van der Waals surface area contributed by atoms with Crippen molar-refractivity contribution in [2.24, 2.45) is 0 Å². The van der Waals surface area contributed by atoms with Gasteiger partial charge < -0.3 is 4.74 Å². The minimum Gasteiger partial charge on any atom is -0.476 e. The summed E-state index contributed by atoms with van der Waals surface area (Å²) in [6, 6.07) is 12.0. The van der Waals surface area contributed by atoms with E-state index in [4.69, 9.17) is 4.74 Å². The molecule has 2 aromatic rings. The first-order chi connectivity index (χ1) is 12.5. The Labute approximate surface area is 158 Å². The van der Waals surface area contributed by atoms with Gasteiger partial charge in [0.05, 0.1) is 35.0 Å². The number of ether oxygens (including phenoxy) is 1. The molecule has 140 valence electrons. The van der Waals surface area contributed by atoms with E-state index < -0.39 is 15.6 Å². The molecule has 1 amide bonds. The summed E-state index contributed by atoms with van der Waals surface area (Å²) in [6.07, 6.45) is 1.06. The zero-order chi connectivity index (χ0) is 20.0. The van der Waals surface area contributed by atoms with E-state index in [1.54, 1.807) is 44.2 Å². The fourth-order valence-electron chi connectivity index (χ4n) is 2.88. The molecule has 8 heteroatoms. The van der Waals surface area contributed by atoms with Gasteiger partial charge in [0.2, 0.25) is 10.0 Å². The van der Waals surface area contributed by atoms with E-state index in [0.717, 1.165) is 11.8 Å². The summed E-state index contributed by atoms with van der Waals surface area (Å²) in [4.78, 5) is 14.5. The molecular weight excluding hydrogens is 366 g/mol. The molecule has 0 unspecified atom stereocenters. The first-order valence-corrected chi connectivity index (χ1v) is 10.1. The number of carbonyl (C=O) groups is 1. The molecule has 0 atom stereocenters. The van der Waals surface area contributed by atoms with Crippen LogP contribution in [0.2, 0.25) is 0 Å². The second-order valence-corrected chi connectivity index (χ2v) is 8.67. The zero-order valence-corrected chi connectivity index (χ0v) is 16.2. The maximum Gasteiger partial charge on any atom is 0.275 e. The molecule has 1 aliphatic heterocycles. The third kappa shape index (κ3) is 3.59. The topological polar surface area (TPSA) is 99.5 Å². The number of anilines is 3. The van der Waals surface area contributed by atoms with Gasteiger partial charge in [-0.2, -0.15) is 5.26 Å². The highest BCUT2D eigenvalue weighted by Gasteiger charge is 2.42. The van der Waals surface area contributed by atoms with Gasteiger partial charge in [0.1, 0.15) is 5.75 Å². The van der Waals surface area contributed by atoms with E-state index in [2.05, 4.69) is 10.8 Å². The molecule has 2 aromatic carbocycles. The van der Waals surface area contributed by atoms with Crippen molar-refractivity contribution < 1.29 is 17.9 Å². The van der Waals surface area contributed by atoms with Crippen LogP contribution in [0, 0.1) is 18.3 Å². The largest absolute Gasteiger partial charge is 0.476 e. The van der Waals surface area contributed by atoms with Crippen LogP contribution < -0.4 is 14.4 Å². The second kappa shape index (κ2) is 6.28. The molecule has 0 radical (unpaired) electrons. The van der Waals surface area contributed by atoms with Crippen LogP contribution in [0.25, 0.3) is 0 Å². The number of nitrogens with zero attached hydrogens (tertiary/aromatic N) is 2. The number of hydrogen-bond donors (Lipinski definition) is 1. The summed E-state index contributed by atoms with van der Waals surface area (Å²) in [5, 5.41) is 9.31. The number of benzene rings is 2. The Balaban J connectivity index is 2.16. The number of fused-ring (bicyclic) bond motifs is 1. The Bertz CT molecular complexity index is 1080. The van der Waals surface area contributed by atoms with Crippen LogP contribution in [-0.4, -0.2) is 26.2 Å². The molecule has 1 heterocycles. The lowest BCUT2D eigenvalue weighted by atomic mass is 10.0. The summed E-state index contributed by atoms with van der Waals surface area (Å²) >= 11 is 0. The van der Waals surface area contributed by atoms with Crippen molar-refractivity contribution in [1.29, 1.82) is 5.26 Å². The number of sulfonamides is 1. The normalized spacial score (nSPS) is 15.5. The third-order valence-corrected chi connectivity index (χ3v) is 4.79. The van der Waals surface area contributed by atoms with Gasteiger partial charge in [-0.1, -0.05) is 6.07 Å². The van der Waals surface area contributed by atoms with Crippen LogP contribution >= 0.6 is 0 Å². The van der Waals surface area contributed by atoms with Crippen molar-refractivity contribution in [1.82, 2.24) is 0 Å². The van der Waals surface area contributed by atoms with Crippen molar-refractivity contribution in [2.45, 2.75) is 26.4 Å². The van der Waals surface area contributed by atoms with Gasteiger partial charge in [-0.15, -0.1) is 0 Å². The smallest absolute Gasteiger partial charge is 0.275 e. The van der Waals surface area contributed by atoms with E-state index in [1.165, 1.54) is 11.0 Å². The van der Waals surface area contributed by atoms with Gasteiger partial charge >= 0.3 is 0 Å². The van der Waals surface area contributed by atoms with Crippen LogP contribution in [0.15, 0.2) is 36.4 Å². The SMILES string of the molecule is Cc1ccc(N2C(=O)C(C)(C)Oc3cc(NS(C)(=O)=O)ccc32)cc1C#N. The molecule has 0 spiro atoms. The average Bonchev–Trinajstić information content (AvgIpc) is 2.55. The van der Waals surface area contributed by atoms with Crippen molar-refractivity contribution in [3.8, 4) is 11.8 Å². The van der Waals surface area contributed by atoms with Crippen LogP contribution in [0.4, 0.5) is 17.1 Å². The standard InChI is InChI=1S/C19H19N3O4S/c1-12-5-7-15(9-13(12)11-20)22-16-8-6-14(21-27(4,24)25)10-17(16)26-19(2,3)18(22)23/h5-10,21H,1-4H3. The number of rotatable bonds is 3. The van der Waals surface area contributed by atoms with E-state index in [9.17, 15) is 18.5 Å². The highest BCUT2D eigenvalue weighted by molar-refractivity contribution is 7.92. The second-order valence-electron chi connectivity index (χ2n) is 6.92. The first-order valence-electron chi connectivity index (χ1n) is 8.18. The molecule has 0 saturated carbocycles. The maximum atomic E-state index is 13.0. The van der Waals surface area contributed by atoms with Gasteiger partial charge in [-0.25, -0.2) is 8.42 Å². The molecular formula is C19H19N3O4S. The number of amides is 1. The summed E-state index contributed by atoms with van der Waals surface area (Å²) in [6.45, 7) is 5.10. The van der Waals surface area contributed by atoms with Gasteiger partial charge in [-0.3, -0.25) is 14.4 Å². The number of carbonyl (C=O) groups excluding carboxylic acids is 1. The molecule has 0 fully saturated rings. The monoisotopic (exact) mass is 385 g/mol. The summed E-state index contributed by atoms with van der Waals surface area (Å²) in [5.74, 6) is 0.0823. The van der Waals surface area contributed by atoms with Crippen molar-refractivity contribution in [3.05, 3.63) is 47.5 Å². The number of aryl methyl sites for hydroxylation is 1. The Morgan fingerprint density at radius 2 is 1.89 bits per heavy atom. The molecule has 0 bridgehead atoms. The Hall–Kier alpha value is -3.05. The molecule has 27 heavy (non-hydrogen) atoms. The van der Waals surface area contributed by atoms with E-state index in [1.807, 2.05) is 6.92 Å². The van der Waals surface area contributed by atoms with Crippen LogP contribution in [0.3, 0.4) is 0 Å². The highest BCUT2D eigenvalue weighted by Crippen LogP contribution is 2.43. The Kier molecular flexibility index (Phi) is 4.36. The highest BCUT2D eigenvalue weighted by atomic mass is 32.2. The van der Waals surface area contributed by atoms with Crippen molar-refractivity contribution in [2.75, 3.05) is 15.9 Å². The fraction of sp³-hybridized carbons (Fsp3) is 0.263. The lowest BCUT2D eigenvalue weighted by Crippen LogP contribution is -2.50. The van der Waals surface area contributed by atoms with E-state index >= 15 is 0 Å². The predicted octanol–water partition coefficient (Wildman–Crippen LogP) is 3.07. The first kappa shape index (κ1) is 18.7. The minimum atomic E-state index is -3.44. The zero-order valence-electron chi connectivity index (χ0n) is 15.4. The van der Waals surface area contributed by atoms with Crippen LogP contribution in [0.5, 0.6) is 5.75 Å². The van der Waals surface area contributed by atoms with E-state index in [0.29, 0.717) is 28.4 Å². The lowest BCUT2D eigenvalue weighted by molar-refractivity contribution is -0.131. The Morgan fingerprint density at radius 1 is 1.19 bits per heavy atom. The summed E-state index contributed by atoms with van der Waals surface area (Å²) in [7, 11) is -3.44. The summed E-state index contributed by atoms with van der Waals surface area (Å²) in [5.41, 5.74) is 1.49. The van der Waals surface area contributed by atoms with E-state index in [-0.39, 0.29) is 5.91 Å². The van der Waals surface area contributed by atoms with Crippen molar-refractivity contribution in [3.63, 3.8) is 0 Å². The summed E-state index contributed by atoms with van der Waals surface area (Å²) < 4.78 is 31.2. The number of nitriles is 1. The molecule has 1 aliphatic rings. The fourth-order valence-corrected chi connectivity index (χ4v) is 3.44. The van der Waals surface area contributed by atoms with Gasteiger partial charge in [0.15, 0.2) is 5.60 Å². The molecule has 0 aromatic heterocycles. The molecule has 0 aliphatic carbocycles. The molecule has 3 rings (SSSR count). The number of hydrogen-bond acceptors (Lipinski definition) is 5. The average molecular weight is 385 g/mol. The number of nitrogens with one attached hydrogen (secondary N) is 1. The Morgan fingerprint density at radius 3 is 2.52 bits per heavy atom. The molecule has 1 N–H and O–H groups in total. The van der Waals surface area contributed by atoms with Crippen molar-refractivity contribution >= 4 is 33.0 Å². The maximum absolute atomic E-state index is 13.0.